The maximum absolute atomic E-state index is 12.6. The molecule has 1 atom stereocenters. The van der Waals surface area contributed by atoms with Gasteiger partial charge in [-0.25, -0.2) is 8.42 Å². The average molecular weight is 311 g/mol. The molecule has 1 saturated heterocycles. The Morgan fingerprint density at radius 2 is 1.86 bits per heavy atom. The van der Waals surface area contributed by atoms with Crippen molar-refractivity contribution in [3.63, 3.8) is 0 Å². The zero-order valence-electron chi connectivity index (χ0n) is 12.8. The van der Waals surface area contributed by atoms with Gasteiger partial charge in [-0.1, -0.05) is 26.0 Å². The topological polar surface area (TPSA) is 57.6 Å². The Morgan fingerprint density at radius 1 is 1.24 bits per heavy atom. The van der Waals surface area contributed by atoms with Gasteiger partial charge >= 0.3 is 0 Å². The first-order valence-electron chi connectivity index (χ1n) is 7.77. The number of piperidine rings is 1. The fraction of sp³-hybridized carbons (Fsp3) is 0.625. The standard InChI is InChI=1S/C16H25NO3S/c1-3-13(4-2)14-7-9-16(10-8-14)21(19,20)17-11-5-6-15(18)12-17/h7-10,13,15,18H,3-6,11-12H2,1-2H3. The van der Waals surface area contributed by atoms with Gasteiger partial charge in [0.1, 0.15) is 0 Å². The van der Waals surface area contributed by atoms with Gasteiger partial charge in [-0.15, -0.1) is 0 Å². The number of aliphatic hydroxyl groups is 1. The minimum Gasteiger partial charge on any atom is -0.392 e. The largest absolute Gasteiger partial charge is 0.392 e. The van der Waals surface area contributed by atoms with Gasteiger partial charge in [-0.2, -0.15) is 4.31 Å². The summed E-state index contributed by atoms with van der Waals surface area (Å²) >= 11 is 0. The Labute approximate surface area is 127 Å². The highest BCUT2D eigenvalue weighted by Crippen LogP contribution is 2.26. The molecular formula is C16H25NO3S. The maximum atomic E-state index is 12.6. The molecule has 0 amide bonds. The summed E-state index contributed by atoms with van der Waals surface area (Å²) in [5, 5.41) is 9.66. The summed E-state index contributed by atoms with van der Waals surface area (Å²) in [5.74, 6) is 0.485. The van der Waals surface area contributed by atoms with E-state index in [0.29, 0.717) is 30.2 Å². The molecular weight excluding hydrogens is 286 g/mol. The van der Waals surface area contributed by atoms with Crippen LogP contribution >= 0.6 is 0 Å². The van der Waals surface area contributed by atoms with E-state index in [4.69, 9.17) is 0 Å². The second kappa shape index (κ2) is 6.90. The minimum atomic E-state index is -3.48. The first kappa shape index (κ1) is 16.5. The number of aliphatic hydroxyl groups excluding tert-OH is 1. The third-order valence-electron chi connectivity index (χ3n) is 4.33. The third-order valence-corrected chi connectivity index (χ3v) is 6.21. The van der Waals surface area contributed by atoms with Crippen LogP contribution in [0.2, 0.25) is 0 Å². The second-order valence-electron chi connectivity index (χ2n) is 5.74. The van der Waals surface area contributed by atoms with E-state index in [1.165, 1.54) is 9.87 Å². The van der Waals surface area contributed by atoms with Crippen molar-refractivity contribution in [2.45, 2.75) is 56.4 Å². The van der Waals surface area contributed by atoms with E-state index in [9.17, 15) is 13.5 Å². The number of β-amino-alcohol motifs (C(OH)–C–C–N with tert-alkyl or cyclic N) is 1. The van der Waals surface area contributed by atoms with Crippen molar-refractivity contribution in [2.24, 2.45) is 0 Å². The van der Waals surface area contributed by atoms with Crippen LogP contribution < -0.4 is 0 Å². The van der Waals surface area contributed by atoms with Crippen LogP contribution in [0.15, 0.2) is 29.2 Å². The van der Waals surface area contributed by atoms with Crippen molar-refractivity contribution in [3.05, 3.63) is 29.8 Å². The highest BCUT2D eigenvalue weighted by Gasteiger charge is 2.29. The van der Waals surface area contributed by atoms with Crippen LogP contribution in [0.5, 0.6) is 0 Å². The van der Waals surface area contributed by atoms with Crippen molar-refractivity contribution in [1.29, 1.82) is 0 Å². The summed E-state index contributed by atoms with van der Waals surface area (Å²) in [6.07, 6.45) is 2.96. The third kappa shape index (κ3) is 3.65. The van der Waals surface area contributed by atoms with Crippen molar-refractivity contribution in [1.82, 2.24) is 4.31 Å². The predicted octanol–water partition coefficient (Wildman–Crippen LogP) is 2.74. The maximum Gasteiger partial charge on any atom is 0.243 e. The number of sulfonamides is 1. The Bertz CT molecular complexity index is 549. The van der Waals surface area contributed by atoms with Crippen LogP contribution in [-0.4, -0.2) is 37.0 Å². The summed E-state index contributed by atoms with van der Waals surface area (Å²) in [6.45, 7) is 4.99. The van der Waals surface area contributed by atoms with Gasteiger partial charge in [0, 0.05) is 13.1 Å². The summed E-state index contributed by atoms with van der Waals surface area (Å²) < 4.78 is 26.5. The Balaban J connectivity index is 2.20. The molecule has 1 N–H and O–H groups in total. The van der Waals surface area contributed by atoms with Gasteiger partial charge in [0.05, 0.1) is 11.0 Å². The molecule has 1 aromatic carbocycles. The Morgan fingerprint density at radius 3 is 2.38 bits per heavy atom. The van der Waals surface area contributed by atoms with E-state index < -0.39 is 16.1 Å². The van der Waals surface area contributed by atoms with E-state index in [-0.39, 0.29) is 6.54 Å². The molecule has 0 bridgehead atoms. The second-order valence-corrected chi connectivity index (χ2v) is 7.68. The molecule has 1 aromatic rings. The highest BCUT2D eigenvalue weighted by molar-refractivity contribution is 7.89. The number of benzene rings is 1. The van der Waals surface area contributed by atoms with Crippen molar-refractivity contribution in [2.75, 3.05) is 13.1 Å². The molecule has 118 valence electrons. The minimum absolute atomic E-state index is 0.205. The molecule has 1 heterocycles. The number of hydrogen-bond donors (Lipinski definition) is 1. The van der Waals surface area contributed by atoms with E-state index >= 15 is 0 Å². The lowest BCUT2D eigenvalue weighted by Crippen LogP contribution is -2.42. The SMILES string of the molecule is CCC(CC)c1ccc(S(=O)(=O)N2CCCC(O)C2)cc1. The molecule has 1 aliphatic heterocycles. The molecule has 1 unspecified atom stereocenters. The van der Waals surface area contributed by atoms with E-state index in [1.54, 1.807) is 12.1 Å². The monoisotopic (exact) mass is 311 g/mol. The first-order valence-corrected chi connectivity index (χ1v) is 9.21. The lowest BCUT2D eigenvalue weighted by atomic mass is 9.94. The van der Waals surface area contributed by atoms with Gasteiger partial charge in [-0.05, 0) is 49.3 Å². The van der Waals surface area contributed by atoms with Crippen molar-refractivity contribution < 1.29 is 13.5 Å². The summed E-state index contributed by atoms with van der Waals surface area (Å²) in [4.78, 5) is 0.325. The van der Waals surface area contributed by atoms with Crippen LogP contribution in [0.25, 0.3) is 0 Å². The molecule has 21 heavy (non-hydrogen) atoms. The summed E-state index contributed by atoms with van der Waals surface area (Å²) in [7, 11) is -3.48. The van der Waals surface area contributed by atoms with Crippen LogP contribution in [-0.2, 0) is 10.0 Å². The van der Waals surface area contributed by atoms with Gasteiger partial charge in [-0.3, -0.25) is 0 Å². The van der Waals surface area contributed by atoms with E-state index in [0.717, 1.165) is 12.8 Å². The zero-order valence-corrected chi connectivity index (χ0v) is 13.6. The van der Waals surface area contributed by atoms with E-state index in [2.05, 4.69) is 13.8 Å². The van der Waals surface area contributed by atoms with Gasteiger partial charge < -0.3 is 5.11 Å². The lowest BCUT2D eigenvalue weighted by molar-refractivity contribution is 0.108. The van der Waals surface area contributed by atoms with Gasteiger partial charge in [0.25, 0.3) is 0 Å². The molecule has 0 radical (unpaired) electrons. The highest BCUT2D eigenvalue weighted by atomic mass is 32.2. The van der Waals surface area contributed by atoms with Crippen LogP contribution in [0.4, 0.5) is 0 Å². The summed E-state index contributed by atoms with van der Waals surface area (Å²) in [5.41, 5.74) is 1.19. The lowest BCUT2D eigenvalue weighted by Gasteiger charge is -2.29. The van der Waals surface area contributed by atoms with Crippen LogP contribution in [0.1, 0.15) is 51.0 Å². The fourth-order valence-corrected chi connectivity index (χ4v) is 4.48. The Kier molecular flexibility index (Phi) is 5.41. The number of nitrogens with zero attached hydrogens (tertiary/aromatic N) is 1. The quantitative estimate of drug-likeness (QED) is 0.909. The molecule has 0 spiro atoms. The van der Waals surface area contributed by atoms with Crippen molar-refractivity contribution >= 4 is 10.0 Å². The zero-order chi connectivity index (χ0) is 15.5. The molecule has 0 saturated carbocycles. The normalized spacial score (nSPS) is 20.9. The molecule has 0 aliphatic carbocycles. The molecule has 2 rings (SSSR count). The number of rotatable bonds is 5. The molecule has 1 fully saturated rings. The molecule has 5 heteroatoms. The van der Waals surface area contributed by atoms with E-state index in [1.807, 2.05) is 12.1 Å². The molecule has 1 aliphatic rings. The predicted molar refractivity (Wildman–Crippen MR) is 83.8 cm³/mol. The van der Waals surface area contributed by atoms with Gasteiger partial charge in [0.15, 0.2) is 0 Å². The molecule has 4 nitrogen and oxygen atoms in total. The Hall–Kier alpha value is -0.910. The fourth-order valence-electron chi connectivity index (χ4n) is 2.96. The number of hydrogen-bond acceptors (Lipinski definition) is 3. The first-order chi connectivity index (χ1) is 9.98. The summed E-state index contributed by atoms with van der Waals surface area (Å²) in [6, 6.07) is 7.24. The van der Waals surface area contributed by atoms with Crippen LogP contribution in [0.3, 0.4) is 0 Å². The smallest absolute Gasteiger partial charge is 0.243 e. The van der Waals surface area contributed by atoms with Gasteiger partial charge in [0.2, 0.25) is 10.0 Å². The molecule has 0 aromatic heterocycles. The average Bonchev–Trinajstić information content (AvgIpc) is 2.49. The van der Waals surface area contributed by atoms with Crippen molar-refractivity contribution in [3.8, 4) is 0 Å². The van der Waals surface area contributed by atoms with Crippen LogP contribution in [0, 0.1) is 0 Å².